The van der Waals surface area contributed by atoms with Crippen molar-refractivity contribution in [3.8, 4) is 0 Å². The summed E-state index contributed by atoms with van der Waals surface area (Å²) in [5.74, 6) is -0.702. The highest BCUT2D eigenvalue weighted by Gasteiger charge is 2.52. The molecule has 0 N–H and O–H groups in total. The van der Waals surface area contributed by atoms with Gasteiger partial charge in [0.2, 0.25) is 5.91 Å². The Kier molecular flexibility index (Phi) is 7.20. The van der Waals surface area contributed by atoms with Gasteiger partial charge in [-0.2, -0.15) is 0 Å². The van der Waals surface area contributed by atoms with Gasteiger partial charge in [-0.3, -0.25) is 9.59 Å². The van der Waals surface area contributed by atoms with E-state index in [9.17, 15) is 9.59 Å². The molecule has 3 atom stereocenters. The molecule has 0 unspecified atom stereocenters. The summed E-state index contributed by atoms with van der Waals surface area (Å²) in [7, 11) is -1.97. The van der Waals surface area contributed by atoms with Crippen LogP contribution in [0.5, 0.6) is 0 Å². The van der Waals surface area contributed by atoms with Crippen LogP contribution in [0.1, 0.15) is 34.1 Å². The van der Waals surface area contributed by atoms with Crippen LogP contribution in [0.4, 0.5) is 0 Å². The van der Waals surface area contributed by atoms with E-state index in [4.69, 9.17) is 9.16 Å². The third kappa shape index (κ3) is 5.04. The Morgan fingerprint density at radius 2 is 1.92 bits per heavy atom. The Morgan fingerprint density at radius 1 is 1.32 bits per heavy atom. The fraction of sp³-hybridized carbons (Fsp3) is 0.684. The minimum atomic E-state index is -1.97. The van der Waals surface area contributed by atoms with Crippen molar-refractivity contribution in [1.82, 2.24) is 4.90 Å². The Hall–Kier alpha value is -1.40. The van der Waals surface area contributed by atoms with Crippen LogP contribution >= 0.6 is 0 Å². The van der Waals surface area contributed by atoms with Crippen LogP contribution in [-0.2, 0) is 18.8 Å². The number of likely N-dealkylation sites (tertiary alicyclic amines) is 1. The summed E-state index contributed by atoms with van der Waals surface area (Å²) in [5, 5.41) is 0.0795. The summed E-state index contributed by atoms with van der Waals surface area (Å²) in [5.41, 5.74) is 0. The van der Waals surface area contributed by atoms with E-state index in [0.717, 1.165) is 0 Å². The van der Waals surface area contributed by atoms with E-state index in [0.29, 0.717) is 6.42 Å². The van der Waals surface area contributed by atoms with Crippen LogP contribution in [-0.4, -0.2) is 50.4 Å². The summed E-state index contributed by atoms with van der Waals surface area (Å²) in [4.78, 5) is 26.0. The highest BCUT2D eigenvalue weighted by atomic mass is 28.4. The topological polar surface area (TPSA) is 55.8 Å². The first-order valence-corrected chi connectivity index (χ1v) is 11.7. The first-order chi connectivity index (χ1) is 11.5. The van der Waals surface area contributed by atoms with E-state index in [2.05, 4.69) is 47.0 Å². The molecule has 142 valence electrons. The molecule has 0 saturated carbocycles. The van der Waals surface area contributed by atoms with Crippen molar-refractivity contribution < 1.29 is 18.8 Å². The molecular weight excluding hydrogens is 334 g/mol. The van der Waals surface area contributed by atoms with Gasteiger partial charge < -0.3 is 14.1 Å². The Labute approximate surface area is 153 Å². The van der Waals surface area contributed by atoms with Gasteiger partial charge in [-0.1, -0.05) is 39.5 Å². The van der Waals surface area contributed by atoms with Crippen molar-refractivity contribution >= 4 is 20.2 Å². The second kappa shape index (κ2) is 8.32. The molecule has 5 nitrogen and oxygen atoms in total. The molecule has 1 aliphatic rings. The fourth-order valence-corrected chi connectivity index (χ4v) is 4.27. The van der Waals surface area contributed by atoms with Crippen LogP contribution in [0.2, 0.25) is 18.1 Å². The monoisotopic (exact) mass is 367 g/mol. The predicted octanol–water partition coefficient (Wildman–Crippen LogP) is 3.53. The fourth-order valence-electron chi connectivity index (χ4n) is 2.84. The van der Waals surface area contributed by atoms with E-state index in [1.165, 1.54) is 6.08 Å². The van der Waals surface area contributed by atoms with Crippen LogP contribution < -0.4 is 0 Å². The predicted molar refractivity (Wildman–Crippen MR) is 103 cm³/mol. The maximum atomic E-state index is 12.6. The van der Waals surface area contributed by atoms with Gasteiger partial charge in [-0.25, -0.2) is 0 Å². The molecule has 25 heavy (non-hydrogen) atoms. The molecule has 6 heteroatoms. The largest absolute Gasteiger partial charge is 0.460 e. The lowest BCUT2D eigenvalue weighted by atomic mass is 9.81. The Morgan fingerprint density at radius 3 is 2.40 bits per heavy atom. The molecule has 1 rings (SSSR count). The van der Waals surface area contributed by atoms with Gasteiger partial charge in [0.15, 0.2) is 8.32 Å². The number of rotatable bonds is 9. The first kappa shape index (κ1) is 21.6. The SMILES string of the molecule is C=CCOC(=O)CN1C(=O)[C@H]([C@@H](C)O[Si](C)(C)C(C)(C)C)[C@H]1CC=C. The smallest absolute Gasteiger partial charge is 0.325 e. The van der Waals surface area contributed by atoms with Crippen molar-refractivity contribution in [3.05, 3.63) is 25.3 Å². The van der Waals surface area contributed by atoms with E-state index in [-0.39, 0.29) is 42.2 Å². The van der Waals surface area contributed by atoms with Gasteiger partial charge in [0.25, 0.3) is 0 Å². The average Bonchev–Trinajstić information content (AvgIpc) is 2.48. The van der Waals surface area contributed by atoms with Crippen LogP contribution in [0, 0.1) is 5.92 Å². The van der Waals surface area contributed by atoms with E-state index in [1.807, 2.05) is 6.92 Å². The number of hydrogen-bond donors (Lipinski definition) is 0. The van der Waals surface area contributed by atoms with Crippen molar-refractivity contribution in [3.63, 3.8) is 0 Å². The lowest BCUT2D eigenvalue weighted by Crippen LogP contribution is -2.66. The molecule has 0 aromatic carbocycles. The van der Waals surface area contributed by atoms with Crippen molar-refractivity contribution in [2.75, 3.05) is 13.2 Å². The zero-order chi connectivity index (χ0) is 19.4. The second-order valence-corrected chi connectivity index (χ2v) is 12.9. The summed E-state index contributed by atoms with van der Waals surface area (Å²) in [6.07, 6.45) is 3.75. The van der Waals surface area contributed by atoms with Crippen LogP contribution in [0.25, 0.3) is 0 Å². The van der Waals surface area contributed by atoms with Gasteiger partial charge in [-0.15, -0.1) is 6.58 Å². The van der Waals surface area contributed by atoms with Gasteiger partial charge in [0.05, 0.1) is 12.0 Å². The lowest BCUT2D eigenvalue weighted by molar-refractivity contribution is -0.169. The van der Waals surface area contributed by atoms with Crippen molar-refractivity contribution in [2.24, 2.45) is 5.92 Å². The molecule has 1 saturated heterocycles. The van der Waals surface area contributed by atoms with E-state index < -0.39 is 14.3 Å². The summed E-state index contributed by atoms with van der Waals surface area (Å²) in [6, 6.07) is -0.0685. The van der Waals surface area contributed by atoms with Gasteiger partial charge in [-0.05, 0) is 31.5 Å². The molecule has 0 aromatic heterocycles. The van der Waals surface area contributed by atoms with Gasteiger partial charge >= 0.3 is 5.97 Å². The molecule has 0 aromatic rings. The standard InChI is InChI=1S/C19H33NO4Si/c1-9-11-15-17(14(3)24-25(7,8)19(4,5)6)18(22)20(15)13-16(21)23-12-10-2/h9-10,14-15,17H,1-2,11-13H2,3-8H3/t14-,15-,17-/m1/s1. The van der Waals surface area contributed by atoms with Gasteiger partial charge in [0.1, 0.15) is 13.2 Å². The Bertz CT molecular complexity index is 524. The highest BCUT2D eigenvalue weighted by Crippen LogP contribution is 2.40. The molecule has 1 fully saturated rings. The number of esters is 1. The normalized spacial score (nSPS) is 22.2. The van der Waals surface area contributed by atoms with Gasteiger partial charge in [0, 0.05) is 6.04 Å². The third-order valence-electron chi connectivity index (χ3n) is 5.25. The van der Waals surface area contributed by atoms with Crippen molar-refractivity contribution in [1.29, 1.82) is 0 Å². The number of carbonyl (C=O) groups excluding carboxylic acids is 2. The number of β-lactam (4-membered cyclic amide) rings is 1. The second-order valence-electron chi connectivity index (χ2n) is 8.14. The Balaban J connectivity index is 2.80. The molecule has 1 aliphatic heterocycles. The number of ether oxygens (including phenoxy) is 1. The molecule has 0 bridgehead atoms. The quantitative estimate of drug-likeness (QED) is 0.271. The molecule has 0 spiro atoms. The summed E-state index contributed by atoms with van der Waals surface area (Å²) in [6.45, 7) is 20.3. The minimum Gasteiger partial charge on any atom is -0.460 e. The average molecular weight is 368 g/mol. The minimum absolute atomic E-state index is 0.0332. The summed E-state index contributed by atoms with van der Waals surface area (Å²) >= 11 is 0. The molecule has 0 aliphatic carbocycles. The highest BCUT2D eigenvalue weighted by molar-refractivity contribution is 6.74. The van der Waals surface area contributed by atoms with Crippen molar-refractivity contribution in [2.45, 2.75) is 64.4 Å². The number of hydrogen-bond acceptors (Lipinski definition) is 4. The maximum absolute atomic E-state index is 12.6. The zero-order valence-corrected chi connectivity index (χ0v) is 17.5. The maximum Gasteiger partial charge on any atom is 0.325 e. The molecule has 0 radical (unpaired) electrons. The first-order valence-electron chi connectivity index (χ1n) is 8.82. The van der Waals surface area contributed by atoms with Crippen LogP contribution in [0.15, 0.2) is 25.3 Å². The molecule has 1 heterocycles. The zero-order valence-electron chi connectivity index (χ0n) is 16.5. The van der Waals surface area contributed by atoms with Crippen LogP contribution in [0.3, 0.4) is 0 Å². The third-order valence-corrected chi connectivity index (χ3v) is 9.82. The number of amides is 1. The van der Waals surface area contributed by atoms with E-state index >= 15 is 0 Å². The molecular formula is C19H33NO4Si. The van der Waals surface area contributed by atoms with E-state index in [1.54, 1.807) is 11.0 Å². The number of carbonyl (C=O) groups is 2. The molecule has 1 amide bonds. The number of nitrogens with zero attached hydrogens (tertiary/aromatic N) is 1. The lowest BCUT2D eigenvalue weighted by Gasteiger charge is -2.50. The summed E-state index contributed by atoms with van der Waals surface area (Å²) < 4.78 is 11.4.